The zero-order valence-corrected chi connectivity index (χ0v) is 26.3. The van der Waals surface area contributed by atoms with Crippen LogP contribution in [-0.4, -0.2) is 11.9 Å². The molecule has 0 bridgehead atoms. The van der Waals surface area contributed by atoms with Crippen molar-refractivity contribution >= 4 is 11.9 Å². The van der Waals surface area contributed by atoms with Crippen molar-refractivity contribution in [2.75, 3.05) is 0 Å². The molecule has 0 aromatic carbocycles. The molecule has 0 amide bonds. The standard InChI is InChI=1S/C24H44O4.2K/c1-2-3-4-5-6-7-8-9-10-11-12-13-14-15-16-17-18-19-20-22(24(27)28)21-23(25)26;;/h17-18,22H,2-16,19-21H2,1H3,(H,25,26)(H,27,28);;/q;2*+1/p-2/b18-17+;;. The molecule has 0 radical (unpaired) electrons. The van der Waals surface area contributed by atoms with Gasteiger partial charge in [-0.1, -0.05) is 103 Å². The van der Waals surface area contributed by atoms with E-state index in [2.05, 4.69) is 13.0 Å². The number of carbonyl (C=O) groups is 2. The van der Waals surface area contributed by atoms with Crippen LogP contribution in [0.5, 0.6) is 0 Å². The van der Waals surface area contributed by atoms with E-state index in [0.29, 0.717) is 12.8 Å². The monoisotopic (exact) mass is 472 g/mol. The van der Waals surface area contributed by atoms with Crippen LogP contribution in [-0.2, 0) is 9.59 Å². The van der Waals surface area contributed by atoms with E-state index >= 15 is 0 Å². The second-order valence-corrected chi connectivity index (χ2v) is 8.03. The molecule has 0 saturated heterocycles. The Morgan fingerprint density at radius 2 is 1.07 bits per heavy atom. The predicted molar refractivity (Wildman–Crippen MR) is 111 cm³/mol. The van der Waals surface area contributed by atoms with Crippen LogP contribution in [0.1, 0.15) is 122 Å². The Morgan fingerprint density at radius 1 is 0.667 bits per heavy atom. The van der Waals surface area contributed by atoms with Gasteiger partial charge < -0.3 is 19.8 Å². The Balaban J connectivity index is -0.00000364. The van der Waals surface area contributed by atoms with Gasteiger partial charge in [-0.15, -0.1) is 0 Å². The fourth-order valence-corrected chi connectivity index (χ4v) is 3.49. The van der Waals surface area contributed by atoms with Crippen LogP contribution in [0, 0.1) is 5.92 Å². The van der Waals surface area contributed by atoms with Crippen LogP contribution in [0.25, 0.3) is 0 Å². The summed E-state index contributed by atoms with van der Waals surface area (Å²) in [6.45, 7) is 2.26. The Morgan fingerprint density at radius 3 is 1.47 bits per heavy atom. The van der Waals surface area contributed by atoms with Crippen LogP contribution in [0.4, 0.5) is 0 Å². The maximum absolute atomic E-state index is 10.8. The Hall–Kier alpha value is 1.95. The summed E-state index contributed by atoms with van der Waals surface area (Å²) in [5.74, 6) is -3.58. The van der Waals surface area contributed by atoms with Crippen molar-refractivity contribution in [3.8, 4) is 0 Å². The maximum Gasteiger partial charge on any atom is 1.00 e. The Kier molecular flexibility index (Phi) is 35.3. The number of rotatable bonds is 21. The number of aliphatic carboxylic acids is 2. The summed E-state index contributed by atoms with van der Waals surface area (Å²) in [7, 11) is 0. The average molecular weight is 473 g/mol. The van der Waals surface area contributed by atoms with Gasteiger partial charge in [0.15, 0.2) is 0 Å². The molecule has 0 spiro atoms. The zero-order chi connectivity index (χ0) is 20.9. The van der Waals surface area contributed by atoms with Gasteiger partial charge in [-0.3, -0.25) is 0 Å². The second kappa shape index (κ2) is 29.0. The molecule has 0 aliphatic heterocycles. The second-order valence-electron chi connectivity index (χ2n) is 8.03. The van der Waals surface area contributed by atoms with Crippen LogP contribution in [0.3, 0.4) is 0 Å². The third-order valence-electron chi connectivity index (χ3n) is 5.32. The van der Waals surface area contributed by atoms with Crippen molar-refractivity contribution in [3.05, 3.63) is 12.2 Å². The van der Waals surface area contributed by atoms with Crippen molar-refractivity contribution in [3.63, 3.8) is 0 Å². The SMILES string of the molecule is CCCCCCCCCCCCCCCC/C=C/CCC(CC(=O)[O-])C(=O)[O-].[K+].[K+]. The summed E-state index contributed by atoms with van der Waals surface area (Å²) < 4.78 is 0. The largest absolute Gasteiger partial charge is 1.00 e. The number of unbranched alkanes of at least 4 members (excludes halogenated alkanes) is 14. The molecule has 0 heterocycles. The van der Waals surface area contributed by atoms with Gasteiger partial charge >= 0.3 is 103 Å². The molecule has 0 saturated carbocycles. The minimum atomic E-state index is -1.33. The minimum absolute atomic E-state index is 0. The number of hydrogen-bond donors (Lipinski definition) is 0. The summed E-state index contributed by atoms with van der Waals surface area (Å²) in [5, 5.41) is 21.3. The van der Waals surface area contributed by atoms with Crippen LogP contribution in [0.2, 0.25) is 0 Å². The van der Waals surface area contributed by atoms with Gasteiger partial charge in [-0.25, -0.2) is 0 Å². The Bertz CT molecular complexity index is 414. The molecule has 0 N–H and O–H groups in total. The van der Waals surface area contributed by atoms with E-state index in [-0.39, 0.29) is 103 Å². The van der Waals surface area contributed by atoms with Crippen LogP contribution in [0.15, 0.2) is 12.2 Å². The summed E-state index contributed by atoms with van der Waals surface area (Å²) in [5.41, 5.74) is 0. The molecule has 4 nitrogen and oxygen atoms in total. The molecular formula is C24H42K2O4. The molecule has 0 rings (SSSR count). The summed E-state index contributed by atoms with van der Waals surface area (Å²) >= 11 is 0. The number of allylic oxidation sites excluding steroid dienone is 2. The molecule has 0 aromatic heterocycles. The van der Waals surface area contributed by atoms with E-state index in [1.54, 1.807) is 0 Å². The first kappa shape index (κ1) is 36.5. The molecule has 1 unspecified atom stereocenters. The van der Waals surface area contributed by atoms with Crippen LogP contribution >= 0.6 is 0 Å². The summed E-state index contributed by atoms with van der Waals surface area (Å²) in [4.78, 5) is 21.3. The third kappa shape index (κ3) is 28.0. The van der Waals surface area contributed by atoms with E-state index in [0.717, 1.165) is 12.8 Å². The summed E-state index contributed by atoms with van der Waals surface area (Å²) in [6, 6.07) is 0. The predicted octanol–water partition coefficient (Wildman–Crippen LogP) is -1.29. The van der Waals surface area contributed by atoms with Crippen molar-refractivity contribution in [2.45, 2.75) is 122 Å². The molecule has 6 heteroatoms. The molecule has 0 aliphatic rings. The normalized spacial score (nSPS) is 11.6. The van der Waals surface area contributed by atoms with Crippen molar-refractivity contribution < 1.29 is 123 Å². The molecule has 0 aliphatic carbocycles. The molecule has 30 heavy (non-hydrogen) atoms. The van der Waals surface area contributed by atoms with E-state index in [9.17, 15) is 19.8 Å². The van der Waals surface area contributed by atoms with E-state index in [1.165, 1.54) is 83.5 Å². The third-order valence-corrected chi connectivity index (χ3v) is 5.32. The number of carboxylic acid groups (broad SMARTS) is 2. The van der Waals surface area contributed by atoms with Gasteiger partial charge in [0.25, 0.3) is 0 Å². The smallest absolute Gasteiger partial charge is 0.550 e. The minimum Gasteiger partial charge on any atom is -0.550 e. The average Bonchev–Trinajstić information content (AvgIpc) is 2.65. The first-order valence-corrected chi connectivity index (χ1v) is 11.6. The van der Waals surface area contributed by atoms with Gasteiger partial charge in [0, 0.05) is 17.9 Å². The summed E-state index contributed by atoms with van der Waals surface area (Å²) in [6.07, 6.45) is 24.4. The van der Waals surface area contributed by atoms with E-state index in [4.69, 9.17) is 0 Å². The molecule has 0 fully saturated rings. The first-order chi connectivity index (χ1) is 13.6. The van der Waals surface area contributed by atoms with Crippen molar-refractivity contribution in [1.82, 2.24) is 0 Å². The fourth-order valence-electron chi connectivity index (χ4n) is 3.49. The van der Waals surface area contributed by atoms with Gasteiger partial charge in [0.1, 0.15) is 0 Å². The number of carboxylic acids is 2. The van der Waals surface area contributed by atoms with E-state index in [1.807, 2.05) is 6.08 Å². The molecule has 164 valence electrons. The van der Waals surface area contributed by atoms with Gasteiger partial charge in [-0.05, 0) is 32.1 Å². The molecule has 0 aromatic rings. The number of hydrogen-bond acceptors (Lipinski definition) is 4. The van der Waals surface area contributed by atoms with Crippen molar-refractivity contribution in [2.24, 2.45) is 5.92 Å². The zero-order valence-electron chi connectivity index (χ0n) is 20.1. The Labute approximate surface area is 270 Å². The van der Waals surface area contributed by atoms with E-state index < -0.39 is 24.3 Å². The number of carbonyl (C=O) groups excluding carboxylic acids is 2. The molecular weight excluding hydrogens is 430 g/mol. The van der Waals surface area contributed by atoms with Crippen molar-refractivity contribution in [1.29, 1.82) is 0 Å². The quantitative estimate of drug-likeness (QED) is 0.118. The fraction of sp³-hybridized carbons (Fsp3) is 0.833. The topological polar surface area (TPSA) is 80.3 Å². The van der Waals surface area contributed by atoms with Gasteiger partial charge in [-0.2, -0.15) is 0 Å². The van der Waals surface area contributed by atoms with Gasteiger partial charge in [0.05, 0.1) is 0 Å². The van der Waals surface area contributed by atoms with Gasteiger partial charge in [0.2, 0.25) is 0 Å². The molecule has 1 atom stereocenters. The van der Waals surface area contributed by atoms with Crippen LogP contribution < -0.4 is 113 Å². The maximum atomic E-state index is 10.8. The first-order valence-electron chi connectivity index (χ1n) is 11.6.